The maximum atomic E-state index is 10.9. The first kappa shape index (κ1) is 10.4. The molecule has 0 aromatic carbocycles. The van der Waals surface area contributed by atoms with E-state index in [-0.39, 0.29) is 5.78 Å². The summed E-state index contributed by atoms with van der Waals surface area (Å²) in [6.07, 6.45) is 1.72. The van der Waals surface area contributed by atoms with Gasteiger partial charge in [-0.15, -0.1) is 0 Å². The van der Waals surface area contributed by atoms with Gasteiger partial charge in [-0.25, -0.2) is 0 Å². The molecule has 2 nitrogen and oxygen atoms in total. The molecule has 3 heteroatoms. The smallest absolute Gasteiger partial charge is 0.242 e. The number of carbonyl (C=O) groups excluding carboxylic acids is 1. The standard InChI is InChI=1S/C8H16O2Si/c1-6-8(7(2)9)10-11(3,4)5/h6H,1-5H3. The van der Waals surface area contributed by atoms with Gasteiger partial charge in [-0.1, -0.05) is 0 Å². The van der Waals surface area contributed by atoms with E-state index < -0.39 is 8.32 Å². The lowest BCUT2D eigenvalue weighted by molar-refractivity contribution is -0.115. The Kier molecular flexibility index (Phi) is 3.52. The van der Waals surface area contributed by atoms with Crippen LogP contribution in [0.5, 0.6) is 0 Å². The molecule has 0 atom stereocenters. The Balaban J connectivity index is 4.24. The minimum atomic E-state index is -1.59. The van der Waals surface area contributed by atoms with Crippen LogP contribution in [0.15, 0.2) is 11.8 Å². The van der Waals surface area contributed by atoms with Crippen molar-refractivity contribution >= 4 is 14.1 Å². The first-order chi connectivity index (χ1) is 4.87. The molecule has 0 fully saturated rings. The lowest BCUT2D eigenvalue weighted by Gasteiger charge is -2.19. The van der Waals surface area contributed by atoms with Gasteiger partial charge in [0.2, 0.25) is 8.32 Å². The van der Waals surface area contributed by atoms with Gasteiger partial charge in [0.05, 0.1) is 0 Å². The molecule has 0 heterocycles. The Bertz CT molecular complexity index is 177. The number of rotatable bonds is 3. The average Bonchev–Trinajstić information content (AvgIpc) is 1.80. The van der Waals surface area contributed by atoms with Crippen LogP contribution in [0.2, 0.25) is 19.6 Å². The van der Waals surface area contributed by atoms with E-state index in [1.807, 2.05) is 6.92 Å². The normalized spacial score (nSPS) is 13.0. The summed E-state index contributed by atoms with van der Waals surface area (Å²) in [7, 11) is -1.59. The first-order valence-electron chi connectivity index (χ1n) is 3.73. The number of hydrogen-bond acceptors (Lipinski definition) is 2. The van der Waals surface area contributed by atoms with Gasteiger partial charge < -0.3 is 4.43 Å². The number of carbonyl (C=O) groups is 1. The summed E-state index contributed by atoms with van der Waals surface area (Å²) in [6, 6.07) is 0. The SMILES string of the molecule is CC=C(O[Si](C)(C)C)C(C)=O. The molecule has 0 aromatic heterocycles. The van der Waals surface area contributed by atoms with E-state index in [9.17, 15) is 4.79 Å². The summed E-state index contributed by atoms with van der Waals surface area (Å²) in [4.78, 5) is 10.9. The molecule has 0 aliphatic carbocycles. The highest BCUT2D eigenvalue weighted by Crippen LogP contribution is 2.10. The highest BCUT2D eigenvalue weighted by molar-refractivity contribution is 6.70. The van der Waals surface area contributed by atoms with Crippen LogP contribution in [0.1, 0.15) is 13.8 Å². The van der Waals surface area contributed by atoms with Crippen molar-refractivity contribution in [1.82, 2.24) is 0 Å². The van der Waals surface area contributed by atoms with Crippen molar-refractivity contribution in [2.75, 3.05) is 0 Å². The molecule has 0 saturated heterocycles. The Hall–Kier alpha value is -0.573. The number of allylic oxidation sites excluding steroid dienone is 2. The van der Waals surface area contributed by atoms with Crippen LogP contribution in [-0.4, -0.2) is 14.1 Å². The fourth-order valence-corrected chi connectivity index (χ4v) is 1.59. The van der Waals surface area contributed by atoms with Crippen LogP contribution in [-0.2, 0) is 9.22 Å². The Morgan fingerprint density at radius 2 is 1.82 bits per heavy atom. The summed E-state index contributed by atoms with van der Waals surface area (Å²) >= 11 is 0. The van der Waals surface area contributed by atoms with Crippen molar-refractivity contribution in [3.63, 3.8) is 0 Å². The van der Waals surface area contributed by atoms with Gasteiger partial charge >= 0.3 is 0 Å². The zero-order chi connectivity index (χ0) is 9.07. The minimum absolute atomic E-state index is 0.00919. The highest BCUT2D eigenvalue weighted by atomic mass is 28.4. The van der Waals surface area contributed by atoms with Gasteiger partial charge in [0, 0.05) is 6.92 Å². The zero-order valence-corrected chi connectivity index (χ0v) is 8.89. The third kappa shape index (κ3) is 4.78. The highest BCUT2D eigenvalue weighted by Gasteiger charge is 2.18. The maximum Gasteiger partial charge on any atom is 0.242 e. The van der Waals surface area contributed by atoms with Crippen molar-refractivity contribution in [2.45, 2.75) is 33.5 Å². The molecule has 0 rings (SSSR count). The molecule has 0 radical (unpaired) electrons. The summed E-state index contributed by atoms with van der Waals surface area (Å²) < 4.78 is 5.50. The molecule has 64 valence electrons. The van der Waals surface area contributed by atoms with Gasteiger partial charge in [-0.3, -0.25) is 4.79 Å². The van der Waals surface area contributed by atoms with Gasteiger partial charge in [-0.2, -0.15) is 0 Å². The van der Waals surface area contributed by atoms with E-state index in [2.05, 4.69) is 19.6 Å². The fourth-order valence-electron chi connectivity index (χ4n) is 0.664. The third-order valence-corrected chi connectivity index (χ3v) is 1.86. The van der Waals surface area contributed by atoms with Crippen LogP contribution >= 0.6 is 0 Å². The molecular formula is C8H16O2Si. The Morgan fingerprint density at radius 1 is 1.36 bits per heavy atom. The monoisotopic (exact) mass is 172 g/mol. The maximum absolute atomic E-state index is 10.9. The van der Waals surface area contributed by atoms with Gasteiger partial charge in [0.1, 0.15) is 5.76 Å². The van der Waals surface area contributed by atoms with Crippen LogP contribution in [0.25, 0.3) is 0 Å². The van der Waals surface area contributed by atoms with Crippen molar-refractivity contribution in [1.29, 1.82) is 0 Å². The molecular weight excluding hydrogens is 156 g/mol. The average molecular weight is 172 g/mol. The number of ketones is 1. The van der Waals surface area contributed by atoms with Gasteiger partial charge in [0.25, 0.3) is 0 Å². The van der Waals surface area contributed by atoms with Gasteiger partial charge in [0.15, 0.2) is 5.78 Å². The summed E-state index contributed by atoms with van der Waals surface area (Å²) in [5, 5.41) is 0. The molecule has 0 aliphatic rings. The molecule has 0 saturated carbocycles. The second-order valence-electron chi connectivity index (χ2n) is 3.42. The third-order valence-electron chi connectivity index (χ3n) is 1.03. The van der Waals surface area contributed by atoms with Crippen LogP contribution in [0, 0.1) is 0 Å². The van der Waals surface area contributed by atoms with E-state index in [0.717, 1.165) is 0 Å². The van der Waals surface area contributed by atoms with E-state index in [4.69, 9.17) is 4.43 Å². The van der Waals surface area contributed by atoms with Gasteiger partial charge in [-0.05, 0) is 32.6 Å². The number of hydrogen-bond donors (Lipinski definition) is 0. The molecule has 0 bridgehead atoms. The quantitative estimate of drug-likeness (QED) is 0.371. The molecule has 11 heavy (non-hydrogen) atoms. The lowest BCUT2D eigenvalue weighted by Crippen LogP contribution is -2.26. The van der Waals surface area contributed by atoms with Crippen molar-refractivity contribution in [3.8, 4) is 0 Å². The van der Waals surface area contributed by atoms with Crippen molar-refractivity contribution < 1.29 is 9.22 Å². The molecule has 0 spiro atoms. The fraction of sp³-hybridized carbons (Fsp3) is 0.625. The van der Waals surface area contributed by atoms with E-state index >= 15 is 0 Å². The lowest BCUT2D eigenvalue weighted by atomic mass is 10.3. The second-order valence-corrected chi connectivity index (χ2v) is 7.85. The minimum Gasteiger partial charge on any atom is -0.542 e. The number of Topliss-reactive ketones (excluding diaryl/α,β-unsaturated/α-hetero) is 1. The molecule has 0 aliphatic heterocycles. The Labute approximate surface area is 69.4 Å². The summed E-state index contributed by atoms with van der Waals surface area (Å²) in [5.74, 6) is 0.513. The van der Waals surface area contributed by atoms with E-state index in [1.165, 1.54) is 6.92 Å². The Morgan fingerprint density at radius 3 is 1.91 bits per heavy atom. The largest absolute Gasteiger partial charge is 0.542 e. The molecule has 0 amide bonds. The topological polar surface area (TPSA) is 26.3 Å². The summed E-state index contributed by atoms with van der Waals surface area (Å²) in [6.45, 7) is 9.50. The predicted octanol–water partition coefficient (Wildman–Crippen LogP) is 2.33. The predicted molar refractivity (Wildman–Crippen MR) is 48.9 cm³/mol. The summed E-state index contributed by atoms with van der Waals surface area (Å²) in [5.41, 5.74) is 0. The zero-order valence-electron chi connectivity index (χ0n) is 7.89. The first-order valence-corrected chi connectivity index (χ1v) is 7.14. The molecule has 0 aromatic rings. The van der Waals surface area contributed by atoms with E-state index in [0.29, 0.717) is 5.76 Å². The second kappa shape index (κ2) is 3.71. The van der Waals surface area contributed by atoms with Crippen LogP contribution in [0.3, 0.4) is 0 Å². The van der Waals surface area contributed by atoms with Crippen molar-refractivity contribution in [3.05, 3.63) is 11.8 Å². The molecule has 0 unspecified atom stereocenters. The van der Waals surface area contributed by atoms with E-state index in [1.54, 1.807) is 6.08 Å². The molecule has 0 N–H and O–H groups in total. The van der Waals surface area contributed by atoms with Crippen LogP contribution in [0.4, 0.5) is 0 Å². The van der Waals surface area contributed by atoms with Crippen LogP contribution < -0.4 is 0 Å². The van der Waals surface area contributed by atoms with Crippen molar-refractivity contribution in [2.24, 2.45) is 0 Å².